The summed E-state index contributed by atoms with van der Waals surface area (Å²) in [4.78, 5) is 31.4. The minimum Gasteiger partial charge on any atom is -0.478 e. The van der Waals surface area contributed by atoms with Crippen LogP contribution in [0.25, 0.3) is 45.1 Å². The Morgan fingerprint density at radius 3 is 1.79 bits per heavy atom. The molecule has 6 heteroatoms. The predicted octanol–water partition coefficient (Wildman–Crippen LogP) is 4.30. The molecule has 2 heterocycles. The van der Waals surface area contributed by atoms with Crippen LogP contribution in [0, 0.1) is 0 Å². The molecule has 2 aromatic carbocycles. The summed E-state index contributed by atoms with van der Waals surface area (Å²) in [6.07, 6.45) is 3.31. The van der Waals surface area contributed by atoms with Crippen LogP contribution < -0.4 is 0 Å². The Labute approximate surface area is 165 Å². The van der Waals surface area contributed by atoms with Crippen molar-refractivity contribution >= 4 is 57.0 Å². The molecule has 0 fully saturated rings. The van der Waals surface area contributed by atoms with E-state index in [2.05, 4.69) is 9.97 Å². The third kappa shape index (κ3) is 2.50. The number of ether oxygens (including phenoxy) is 1. The van der Waals surface area contributed by atoms with Crippen LogP contribution in [0.3, 0.4) is 0 Å². The summed E-state index contributed by atoms with van der Waals surface area (Å²) in [6.45, 7) is 0. The van der Waals surface area contributed by atoms with Crippen molar-refractivity contribution in [1.82, 2.24) is 9.97 Å². The van der Waals surface area contributed by atoms with Crippen LogP contribution >= 0.6 is 0 Å². The van der Waals surface area contributed by atoms with Gasteiger partial charge in [-0.3, -0.25) is 0 Å². The van der Waals surface area contributed by atoms with Gasteiger partial charge in [0.25, 0.3) is 0 Å². The zero-order valence-electron chi connectivity index (χ0n) is 15.4. The van der Waals surface area contributed by atoms with E-state index < -0.39 is 11.9 Å². The van der Waals surface area contributed by atoms with E-state index in [1.807, 2.05) is 48.5 Å². The highest BCUT2D eigenvalue weighted by Gasteiger charge is 2.27. The standard InChI is InChI=1S/C23H16N2O4/c1-29-23(28)17-11-15-13-7-3-4-8-18(13)24-20(15)16(22(26)27)10-14-12-6-2-5-9-19(12)25-21(14)17/h2-11,24-25H,1H3,(H,26,27). The van der Waals surface area contributed by atoms with Crippen molar-refractivity contribution < 1.29 is 19.4 Å². The molecule has 0 saturated heterocycles. The molecule has 0 spiro atoms. The molecule has 0 bridgehead atoms. The molecule has 29 heavy (non-hydrogen) atoms. The van der Waals surface area contributed by atoms with Gasteiger partial charge in [0.05, 0.1) is 29.6 Å². The zero-order chi connectivity index (χ0) is 20.1. The molecule has 0 saturated carbocycles. The zero-order valence-corrected chi connectivity index (χ0v) is 15.4. The van der Waals surface area contributed by atoms with Crippen LogP contribution in [0.15, 0.2) is 48.5 Å². The number of hydrogen-bond donors (Lipinski definition) is 3. The van der Waals surface area contributed by atoms with Crippen molar-refractivity contribution in [2.45, 2.75) is 0 Å². The van der Waals surface area contributed by atoms with Gasteiger partial charge in [-0.05, 0) is 24.3 Å². The molecule has 4 aromatic rings. The number of carbonyl (C=O) groups is 2. The predicted molar refractivity (Wildman–Crippen MR) is 112 cm³/mol. The van der Waals surface area contributed by atoms with Gasteiger partial charge in [0.2, 0.25) is 0 Å². The second kappa shape index (κ2) is 6.24. The first-order valence-corrected chi connectivity index (χ1v) is 9.05. The molecule has 1 aliphatic rings. The average Bonchev–Trinajstić information content (AvgIpc) is 3.25. The molecule has 0 aliphatic heterocycles. The lowest BCUT2D eigenvalue weighted by Gasteiger charge is -2.11. The number of para-hydroxylation sites is 2. The number of aromatic amines is 2. The molecule has 2 aromatic heterocycles. The van der Waals surface area contributed by atoms with Crippen LogP contribution in [0.5, 0.6) is 0 Å². The van der Waals surface area contributed by atoms with Crippen LogP contribution in [0.1, 0.15) is 22.5 Å². The number of esters is 1. The van der Waals surface area contributed by atoms with E-state index in [4.69, 9.17) is 4.74 Å². The molecule has 1 aliphatic carbocycles. The third-order valence-electron chi connectivity index (χ3n) is 5.24. The Hall–Kier alpha value is -4.06. The van der Waals surface area contributed by atoms with Crippen LogP contribution in [0.2, 0.25) is 0 Å². The molecule has 0 atom stereocenters. The van der Waals surface area contributed by atoms with E-state index >= 15 is 0 Å². The number of fused-ring (bicyclic) bond motifs is 6. The maximum absolute atomic E-state index is 12.7. The van der Waals surface area contributed by atoms with Crippen LogP contribution in [-0.4, -0.2) is 34.1 Å². The first-order chi connectivity index (χ1) is 14.1. The van der Waals surface area contributed by atoms with Gasteiger partial charge in [0.1, 0.15) is 0 Å². The second-order valence-electron chi connectivity index (χ2n) is 6.83. The van der Waals surface area contributed by atoms with Gasteiger partial charge < -0.3 is 19.8 Å². The smallest absolute Gasteiger partial charge is 0.340 e. The fourth-order valence-electron chi connectivity index (χ4n) is 3.92. The van der Waals surface area contributed by atoms with E-state index in [0.29, 0.717) is 28.1 Å². The lowest BCUT2D eigenvalue weighted by atomic mass is 9.94. The Morgan fingerprint density at radius 1 is 0.793 bits per heavy atom. The number of methoxy groups -OCH3 is 1. The number of H-pyrrole nitrogens is 2. The molecule has 6 nitrogen and oxygen atoms in total. The van der Waals surface area contributed by atoms with Gasteiger partial charge in [-0.15, -0.1) is 0 Å². The summed E-state index contributed by atoms with van der Waals surface area (Å²) < 4.78 is 5.04. The fraction of sp³-hybridized carbons (Fsp3) is 0.0435. The van der Waals surface area contributed by atoms with Gasteiger partial charge in [-0.1, -0.05) is 36.4 Å². The number of carbonyl (C=O) groups excluding carboxylic acids is 1. The molecular weight excluding hydrogens is 368 g/mol. The number of carboxylic acid groups (broad SMARTS) is 1. The normalized spacial score (nSPS) is 13.1. The Morgan fingerprint density at radius 2 is 1.28 bits per heavy atom. The monoisotopic (exact) mass is 384 g/mol. The fourth-order valence-corrected chi connectivity index (χ4v) is 3.92. The van der Waals surface area contributed by atoms with E-state index in [1.54, 1.807) is 12.2 Å². The summed E-state index contributed by atoms with van der Waals surface area (Å²) in [5.74, 6) is -1.55. The molecule has 0 unspecified atom stereocenters. The highest BCUT2D eigenvalue weighted by atomic mass is 16.5. The lowest BCUT2D eigenvalue weighted by molar-refractivity contribution is -0.133. The number of aromatic nitrogens is 2. The quantitative estimate of drug-likeness (QED) is 0.449. The van der Waals surface area contributed by atoms with Crippen LogP contribution in [0.4, 0.5) is 0 Å². The highest BCUT2D eigenvalue weighted by Crippen LogP contribution is 2.38. The van der Waals surface area contributed by atoms with Crippen molar-refractivity contribution in [3.8, 4) is 0 Å². The van der Waals surface area contributed by atoms with Gasteiger partial charge >= 0.3 is 11.9 Å². The molecule has 5 rings (SSSR count). The van der Waals surface area contributed by atoms with Crippen LogP contribution in [-0.2, 0) is 14.3 Å². The first-order valence-electron chi connectivity index (χ1n) is 9.05. The van der Waals surface area contributed by atoms with Gasteiger partial charge in [-0.2, -0.15) is 0 Å². The van der Waals surface area contributed by atoms with Crippen molar-refractivity contribution in [3.63, 3.8) is 0 Å². The topological polar surface area (TPSA) is 95.2 Å². The summed E-state index contributed by atoms with van der Waals surface area (Å²) in [7, 11) is 1.33. The van der Waals surface area contributed by atoms with Crippen molar-refractivity contribution in [1.29, 1.82) is 0 Å². The van der Waals surface area contributed by atoms with Crippen molar-refractivity contribution in [3.05, 3.63) is 71.0 Å². The Bertz CT molecular complexity index is 1380. The summed E-state index contributed by atoms with van der Waals surface area (Å²) in [6, 6.07) is 15.0. The van der Waals surface area contributed by atoms with E-state index in [1.165, 1.54) is 7.11 Å². The number of hydrogen-bond acceptors (Lipinski definition) is 3. The summed E-state index contributed by atoms with van der Waals surface area (Å²) >= 11 is 0. The molecule has 0 radical (unpaired) electrons. The maximum Gasteiger partial charge on any atom is 0.340 e. The SMILES string of the molecule is COC(=O)C1=Cc2c([nH]c3ccccc23)C(C(=O)O)=Cc2c1[nH]c1ccccc21. The third-order valence-corrected chi connectivity index (χ3v) is 5.24. The second-order valence-corrected chi connectivity index (χ2v) is 6.83. The van der Waals surface area contributed by atoms with E-state index in [9.17, 15) is 14.7 Å². The summed E-state index contributed by atoms with van der Waals surface area (Å²) in [5.41, 5.74) is 4.33. The molecular formula is C23H16N2O4. The average molecular weight is 384 g/mol. The molecule has 142 valence electrons. The van der Waals surface area contributed by atoms with E-state index in [0.717, 1.165) is 21.8 Å². The van der Waals surface area contributed by atoms with Gasteiger partial charge in [0, 0.05) is 32.9 Å². The van der Waals surface area contributed by atoms with Crippen molar-refractivity contribution in [2.24, 2.45) is 0 Å². The first kappa shape index (κ1) is 17.1. The highest BCUT2D eigenvalue weighted by molar-refractivity contribution is 6.29. The minimum absolute atomic E-state index is 0.127. The lowest BCUT2D eigenvalue weighted by Crippen LogP contribution is -2.08. The number of aliphatic carboxylic acids is 1. The minimum atomic E-state index is -1.05. The number of nitrogens with one attached hydrogen (secondary N) is 2. The Balaban J connectivity index is 1.95. The van der Waals surface area contributed by atoms with Gasteiger partial charge in [0.15, 0.2) is 0 Å². The Kier molecular flexibility index (Phi) is 3.67. The summed E-state index contributed by atoms with van der Waals surface area (Å²) in [5, 5.41) is 11.6. The molecule has 0 amide bonds. The largest absolute Gasteiger partial charge is 0.478 e. The van der Waals surface area contributed by atoms with Crippen molar-refractivity contribution in [2.75, 3.05) is 7.11 Å². The number of carboxylic acids is 1. The maximum atomic E-state index is 12.7. The van der Waals surface area contributed by atoms with Gasteiger partial charge in [-0.25, -0.2) is 9.59 Å². The number of benzene rings is 2. The molecule has 3 N–H and O–H groups in total. The van der Waals surface area contributed by atoms with E-state index in [-0.39, 0.29) is 5.57 Å². The number of rotatable bonds is 2.